The molecule has 1 heterocycles. The van der Waals surface area contributed by atoms with Crippen LogP contribution < -0.4 is 11.5 Å². The molecule has 1 atom stereocenters. The minimum atomic E-state index is -1.54. The number of nitrogens with two attached hydrogens (primary N) is 2. The standard InChI is InChI=1S/C8H11N3O2/c1-8(10,7(12)13)6-5(9)3-2-4-11-6/h2-4H,9-10H2,1H3,(H,12,13). The molecular weight excluding hydrogens is 170 g/mol. The van der Waals surface area contributed by atoms with Crippen LogP contribution in [0.25, 0.3) is 0 Å². The summed E-state index contributed by atoms with van der Waals surface area (Å²) in [4.78, 5) is 14.6. The molecule has 13 heavy (non-hydrogen) atoms. The Labute approximate surface area is 75.4 Å². The van der Waals surface area contributed by atoms with Crippen molar-refractivity contribution in [2.45, 2.75) is 12.5 Å². The van der Waals surface area contributed by atoms with Crippen LogP contribution in [0.3, 0.4) is 0 Å². The summed E-state index contributed by atoms with van der Waals surface area (Å²) in [6, 6.07) is 3.19. The van der Waals surface area contributed by atoms with Crippen LogP contribution in [0.1, 0.15) is 12.6 Å². The molecule has 0 aromatic carbocycles. The Balaban J connectivity index is 3.22. The van der Waals surface area contributed by atoms with E-state index >= 15 is 0 Å². The summed E-state index contributed by atoms with van der Waals surface area (Å²) in [6.45, 7) is 1.36. The first kappa shape index (κ1) is 9.47. The van der Waals surface area contributed by atoms with Crippen molar-refractivity contribution in [2.75, 3.05) is 5.73 Å². The normalized spacial score (nSPS) is 14.9. The van der Waals surface area contributed by atoms with Crippen molar-refractivity contribution < 1.29 is 9.90 Å². The van der Waals surface area contributed by atoms with Crippen molar-refractivity contribution in [3.63, 3.8) is 0 Å². The number of hydrogen-bond acceptors (Lipinski definition) is 4. The predicted octanol–water partition coefficient (Wildman–Crippen LogP) is -0.0777. The third-order valence-electron chi connectivity index (χ3n) is 1.78. The van der Waals surface area contributed by atoms with E-state index in [9.17, 15) is 4.79 Å². The molecule has 0 amide bonds. The van der Waals surface area contributed by atoms with E-state index in [1.165, 1.54) is 13.1 Å². The maximum Gasteiger partial charge on any atom is 0.329 e. The largest absolute Gasteiger partial charge is 0.480 e. The molecule has 0 saturated heterocycles. The van der Waals surface area contributed by atoms with E-state index in [1.807, 2.05) is 0 Å². The summed E-state index contributed by atoms with van der Waals surface area (Å²) in [7, 11) is 0. The van der Waals surface area contributed by atoms with Gasteiger partial charge in [-0.2, -0.15) is 0 Å². The molecule has 0 spiro atoms. The molecule has 0 aliphatic rings. The molecule has 1 aromatic heterocycles. The van der Waals surface area contributed by atoms with Gasteiger partial charge in [-0.3, -0.25) is 4.98 Å². The van der Waals surface area contributed by atoms with Crippen LogP contribution in [-0.2, 0) is 10.3 Å². The molecule has 1 rings (SSSR count). The molecule has 0 bridgehead atoms. The van der Waals surface area contributed by atoms with Crippen molar-refractivity contribution in [1.29, 1.82) is 0 Å². The van der Waals surface area contributed by atoms with E-state index in [0.717, 1.165) is 0 Å². The minimum absolute atomic E-state index is 0.183. The zero-order valence-electron chi connectivity index (χ0n) is 7.19. The topological polar surface area (TPSA) is 102 Å². The smallest absolute Gasteiger partial charge is 0.329 e. The van der Waals surface area contributed by atoms with Crippen molar-refractivity contribution >= 4 is 11.7 Å². The molecule has 0 aliphatic carbocycles. The van der Waals surface area contributed by atoms with Crippen LogP contribution in [-0.4, -0.2) is 16.1 Å². The van der Waals surface area contributed by atoms with E-state index in [4.69, 9.17) is 16.6 Å². The van der Waals surface area contributed by atoms with Gasteiger partial charge in [0, 0.05) is 6.20 Å². The van der Waals surface area contributed by atoms with Gasteiger partial charge in [-0.05, 0) is 19.1 Å². The van der Waals surface area contributed by atoms with Gasteiger partial charge < -0.3 is 16.6 Å². The SMILES string of the molecule is CC(N)(C(=O)O)c1ncccc1N. The molecule has 5 heteroatoms. The maximum absolute atomic E-state index is 10.8. The quantitative estimate of drug-likeness (QED) is 0.592. The predicted molar refractivity (Wildman–Crippen MR) is 47.8 cm³/mol. The fraction of sp³-hybridized carbons (Fsp3) is 0.250. The second-order valence-electron chi connectivity index (χ2n) is 2.95. The van der Waals surface area contributed by atoms with Gasteiger partial charge in [0.05, 0.1) is 11.4 Å². The van der Waals surface area contributed by atoms with Gasteiger partial charge in [-0.25, -0.2) is 4.79 Å². The summed E-state index contributed by atoms with van der Waals surface area (Å²) in [5, 5.41) is 8.80. The van der Waals surface area contributed by atoms with Gasteiger partial charge in [0.2, 0.25) is 0 Å². The van der Waals surface area contributed by atoms with Gasteiger partial charge in [0.15, 0.2) is 5.54 Å². The number of nitrogens with zero attached hydrogens (tertiary/aromatic N) is 1. The third-order valence-corrected chi connectivity index (χ3v) is 1.78. The number of anilines is 1. The van der Waals surface area contributed by atoms with E-state index in [-0.39, 0.29) is 11.4 Å². The molecular formula is C8H11N3O2. The average Bonchev–Trinajstić information content (AvgIpc) is 2.04. The second-order valence-corrected chi connectivity index (χ2v) is 2.95. The lowest BCUT2D eigenvalue weighted by atomic mass is 9.97. The van der Waals surface area contributed by atoms with Gasteiger partial charge in [0.25, 0.3) is 0 Å². The Bertz CT molecular complexity index is 336. The van der Waals surface area contributed by atoms with Crippen molar-refractivity contribution in [3.05, 3.63) is 24.0 Å². The van der Waals surface area contributed by atoms with Crippen LogP contribution in [0.4, 0.5) is 5.69 Å². The second kappa shape index (κ2) is 3.02. The van der Waals surface area contributed by atoms with Crippen LogP contribution in [0.15, 0.2) is 18.3 Å². The Hall–Kier alpha value is -1.62. The minimum Gasteiger partial charge on any atom is -0.480 e. The first-order valence-electron chi connectivity index (χ1n) is 3.69. The number of pyridine rings is 1. The fourth-order valence-electron chi connectivity index (χ4n) is 0.953. The molecule has 0 aliphatic heterocycles. The zero-order chi connectivity index (χ0) is 10.1. The number of aliphatic carboxylic acids is 1. The monoisotopic (exact) mass is 181 g/mol. The van der Waals surface area contributed by atoms with Gasteiger partial charge in [-0.15, -0.1) is 0 Å². The van der Waals surface area contributed by atoms with Gasteiger partial charge >= 0.3 is 5.97 Å². The van der Waals surface area contributed by atoms with Crippen molar-refractivity contribution in [2.24, 2.45) is 5.73 Å². The summed E-state index contributed by atoms with van der Waals surface area (Å²) in [6.07, 6.45) is 1.46. The molecule has 5 N–H and O–H groups in total. The molecule has 5 nitrogen and oxygen atoms in total. The molecule has 0 saturated carbocycles. The van der Waals surface area contributed by atoms with Gasteiger partial charge in [-0.1, -0.05) is 0 Å². The fourth-order valence-corrected chi connectivity index (χ4v) is 0.953. The number of nitrogen functional groups attached to an aromatic ring is 1. The lowest BCUT2D eigenvalue weighted by Gasteiger charge is -2.19. The number of carboxylic acid groups (broad SMARTS) is 1. The van der Waals surface area contributed by atoms with E-state index < -0.39 is 11.5 Å². The van der Waals surface area contributed by atoms with Crippen LogP contribution in [0.5, 0.6) is 0 Å². The highest BCUT2D eigenvalue weighted by molar-refractivity contribution is 5.81. The summed E-state index contributed by atoms with van der Waals surface area (Å²) in [5.74, 6) is -1.15. The maximum atomic E-state index is 10.8. The molecule has 1 unspecified atom stereocenters. The summed E-state index contributed by atoms with van der Waals surface area (Å²) >= 11 is 0. The third kappa shape index (κ3) is 1.59. The molecule has 70 valence electrons. The Morgan fingerprint density at radius 2 is 2.31 bits per heavy atom. The number of hydrogen-bond donors (Lipinski definition) is 3. The highest BCUT2D eigenvalue weighted by Gasteiger charge is 2.33. The first-order valence-corrected chi connectivity index (χ1v) is 3.69. The summed E-state index contributed by atoms with van der Waals surface area (Å²) in [5.41, 5.74) is 10.0. The Morgan fingerprint density at radius 1 is 1.69 bits per heavy atom. The Kier molecular flexibility index (Phi) is 2.20. The van der Waals surface area contributed by atoms with Crippen molar-refractivity contribution in [1.82, 2.24) is 4.98 Å². The lowest BCUT2D eigenvalue weighted by molar-refractivity contribution is -0.143. The highest BCUT2D eigenvalue weighted by atomic mass is 16.4. The number of carboxylic acids is 1. The van der Waals surface area contributed by atoms with Crippen LogP contribution in [0.2, 0.25) is 0 Å². The zero-order valence-corrected chi connectivity index (χ0v) is 7.19. The van der Waals surface area contributed by atoms with E-state index in [1.54, 1.807) is 12.1 Å². The number of rotatable bonds is 2. The molecule has 0 fully saturated rings. The van der Waals surface area contributed by atoms with Crippen molar-refractivity contribution in [3.8, 4) is 0 Å². The first-order chi connectivity index (χ1) is 5.96. The van der Waals surface area contributed by atoms with Crippen LogP contribution in [0, 0.1) is 0 Å². The number of aromatic nitrogens is 1. The number of carbonyl (C=O) groups is 1. The molecule has 0 radical (unpaired) electrons. The lowest BCUT2D eigenvalue weighted by Crippen LogP contribution is -2.43. The van der Waals surface area contributed by atoms with Gasteiger partial charge in [0.1, 0.15) is 0 Å². The van der Waals surface area contributed by atoms with Crippen LogP contribution >= 0.6 is 0 Å². The summed E-state index contributed by atoms with van der Waals surface area (Å²) < 4.78 is 0. The van der Waals surface area contributed by atoms with E-state index in [2.05, 4.69) is 4.98 Å². The highest BCUT2D eigenvalue weighted by Crippen LogP contribution is 2.20. The molecule has 1 aromatic rings. The average molecular weight is 181 g/mol. The Morgan fingerprint density at radius 3 is 2.77 bits per heavy atom. The van der Waals surface area contributed by atoms with E-state index in [0.29, 0.717) is 0 Å².